The number of anilines is 1. The molecule has 3 aromatic rings. The monoisotopic (exact) mass is 460 g/mol. The Labute approximate surface area is 197 Å². The van der Waals surface area contributed by atoms with Crippen molar-refractivity contribution < 1.29 is 23.9 Å². The Morgan fingerprint density at radius 1 is 0.882 bits per heavy atom. The number of nitrogens with one attached hydrogen (secondary N) is 1. The van der Waals surface area contributed by atoms with Crippen molar-refractivity contribution >= 4 is 29.3 Å². The number of hydrogen-bond donors (Lipinski definition) is 1. The molecule has 0 aromatic heterocycles. The highest BCUT2D eigenvalue weighted by Crippen LogP contribution is 2.38. The van der Waals surface area contributed by atoms with E-state index in [1.165, 1.54) is 30.5 Å². The molecule has 0 atom stereocenters. The van der Waals surface area contributed by atoms with E-state index in [4.69, 9.17) is 14.2 Å². The van der Waals surface area contributed by atoms with Gasteiger partial charge in [0.25, 0.3) is 5.69 Å². The Morgan fingerprint density at radius 3 is 2.21 bits per heavy atom. The van der Waals surface area contributed by atoms with Gasteiger partial charge >= 0.3 is 0 Å². The van der Waals surface area contributed by atoms with Crippen molar-refractivity contribution in [2.75, 3.05) is 26.6 Å². The van der Waals surface area contributed by atoms with Gasteiger partial charge in [-0.1, -0.05) is 36.4 Å². The molecular weight excluding hydrogens is 436 g/mol. The van der Waals surface area contributed by atoms with Crippen molar-refractivity contribution in [1.82, 2.24) is 0 Å². The maximum absolute atomic E-state index is 12.4. The van der Waals surface area contributed by atoms with Crippen molar-refractivity contribution in [1.29, 1.82) is 0 Å². The first-order valence-corrected chi connectivity index (χ1v) is 10.3. The fourth-order valence-electron chi connectivity index (χ4n) is 3.27. The third-order valence-corrected chi connectivity index (χ3v) is 4.89. The van der Waals surface area contributed by atoms with Gasteiger partial charge in [-0.15, -0.1) is 0 Å². The Balaban J connectivity index is 1.73. The molecule has 0 aliphatic rings. The fourth-order valence-corrected chi connectivity index (χ4v) is 3.27. The van der Waals surface area contributed by atoms with E-state index in [1.807, 2.05) is 48.6 Å². The first kappa shape index (κ1) is 24.1. The predicted molar refractivity (Wildman–Crippen MR) is 132 cm³/mol. The second kappa shape index (κ2) is 11.3. The quantitative estimate of drug-likeness (QED) is 0.138. The Hall–Kier alpha value is -4.59. The number of allylic oxidation sites excluding steroid dienone is 1. The van der Waals surface area contributed by atoms with Crippen LogP contribution in [0.3, 0.4) is 0 Å². The van der Waals surface area contributed by atoms with Gasteiger partial charge < -0.3 is 19.5 Å². The minimum absolute atomic E-state index is 0.0348. The molecule has 0 saturated carbocycles. The molecular formula is C26H24N2O6. The summed E-state index contributed by atoms with van der Waals surface area (Å²) in [6, 6.07) is 17.1. The normalized spacial score (nSPS) is 10.9. The molecule has 0 fully saturated rings. The van der Waals surface area contributed by atoms with E-state index < -0.39 is 10.7 Å². The van der Waals surface area contributed by atoms with Crippen LogP contribution >= 0.6 is 0 Å². The average Bonchev–Trinajstić information content (AvgIpc) is 2.86. The minimum atomic E-state index is -0.571. The summed E-state index contributed by atoms with van der Waals surface area (Å²) < 4.78 is 16.1. The molecule has 3 rings (SSSR count). The van der Waals surface area contributed by atoms with E-state index in [2.05, 4.69) is 5.32 Å². The molecule has 34 heavy (non-hydrogen) atoms. The first-order chi connectivity index (χ1) is 16.5. The highest BCUT2D eigenvalue weighted by Gasteiger charge is 2.17. The summed E-state index contributed by atoms with van der Waals surface area (Å²) in [5.41, 5.74) is 2.34. The number of benzene rings is 3. The predicted octanol–water partition coefficient (Wildman–Crippen LogP) is 5.60. The minimum Gasteiger partial charge on any atom is -0.493 e. The Morgan fingerprint density at radius 2 is 1.56 bits per heavy atom. The van der Waals surface area contributed by atoms with Crippen LogP contribution in [0, 0.1) is 10.1 Å². The van der Waals surface area contributed by atoms with Gasteiger partial charge in [-0.25, -0.2) is 0 Å². The van der Waals surface area contributed by atoms with Crippen molar-refractivity contribution in [2.45, 2.75) is 0 Å². The first-order valence-electron chi connectivity index (χ1n) is 10.3. The van der Waals surface area contributed by atoms with Crippen molar-refractivity contribution in [3.05, 3.63) is 99.7 Å². The third-order valence-electron chi connectivity index (χ3n) is 4.89. The Kier molecular flexibility index (Phi) is 8.02. The lowest BCUT2D eigenvalue weighted by Gasteiger charge is -2.12. The molecule has 0 unspecified atom stereocenters. The van der Waals surface area contributed by atoms with Gasteiger partial charge in [-0.3, -0.25) is 14.9 Å². The van der Waals surface area contributed by atoms with Gasteiger partial charge in [0.05, 0.1) is 31.8 Å². The van der Waals surface area contributed by atoms with E-state index in [0.29, 0.717) is 17.2 Å². The van der Waals surface area contributed by atoms with Crippen LogP contribution in [-0.4, -0.2) is 32.0 Å². The lowest BCUT2D eigenvalue weighted by molar-refractivity contribution is -0.385. The smallest absolute Gasteiger partial charge is 0.280 e. The van der Waals surface area contributed by atoms with Gasteiger partial charge in [0.1, 0.15) is 0 Å². The molecule has 0 saturated heterocycles. The number of nitro benzene ring substituents is 1. The van der Waals surface area contributed by atoms with Crippen LogP contribution in [-0.2, 0) is 0 Å². The molecule has 0 radical (unpaired) electrons. The van der Waals surface area contributed by atoms with Crippen LogP contribution in [0.4, 0.5) is 11.4 Å². The molecule has 3 aromatic carbocycles. The second-order valence-corrected chi connectivity index (χ2v) is 7.03. The molecule has 8 nitrogen and oxygen atoms in total. The number of nitro groups is 1. The van der Waals surface area contributed by atoms with Gasteiger partial charge in [-0.05, 0) is 41.5 Å². The molecule has 0 aliphatic carbocycles. The number of para-hydroxylation sites is 1. The zero-order valence-electron chi connectivity index (χ0n) is 19.0. The third kappa shape index (κ3) is 5.80. The summed E-state index contributed by atoms with van der Waals surface area (Å²) in [7, 11) is 4.68. The second-order valence-electron chi connectivity index (χ2n) is 7.03. The molecule has 0 spiro atoms. The summed E-state index contributed by atoms with van der Waals surface area (Å²) in [6.07, 6.45) is 6.56. The molecule has 0 aliphatic heterocycles. The van der Waals surface area contributed by atoms with Crippen LogP contribution in [0.25, 0.3) is 12.2 Å². The van der Waals surface area contributed by atoms with E-state index in [9.17, 15) is 14.9 Å². The number of rotatable bonds is 10. The van der Waals surface area contributed by atoms with Crippen molar-refractivity contribution in [2.24, 2.45) is 0 Å². The standard InChI is InChI=1S/C26H24N2O6/c1-32-24-16-19(17-25(33-2)26(24)34-3)12-11-18-7-6-8-20(15-18)27-14-13-23(29)21-9-4-5-10-22(21)28(30)31/h4-17,27H,1-3H3/b12-11+,14-13-. The van der Waals surface area contributed by atoms with E-state index in [0.717, 1.165) is 16.8 Å². The molecule has 174 valence electrons. The SMILES string of the molecule is COc1cc(/C=C/c2cccc(N/C=C\C(=O)c3ccccc3[N+](=O)[O-])c2)cc(OC)c1OC. The van der Waals surface area contributed by atoms with Crippen LogP contribution in [0.2, 0.25) is 0 Å². The largest absolute Gasteiger partial charge is 0.493 e. The number of ketones is 1. The number of methoxy groups -OCH3 is 3. The summed E-state index contributed by atoms with van der Waals surface area (Å²) in [6.45, 7) is 0. The molecule has 0 heterocycles. The van der Waals surface area contributed by atoms with Crippen LogP contribution in [0.5, 0.6) is 17.2 Å². The van der Waals surface area contributed by atoms with E-state index in [1.54, 1.807) is 27.4 Å². The molecule has 0 amide bonds. The van der Waals surface area contributed by atoms with Crippen LogP contribution < -0.4 is 19.5 Å². The zero-order valence-corrected chi connectivity index (χ0v) is 19.0. The molecule has 8 heteroatoms. The number of nitrogens with zero attached hydrogens (tertiary/aromatic N) is 1. The number of carbonyl (C=O) groups excluding carboxylic acids is 1. The Bertz CT molecular complexity index is 1220. The highest BCUT2D eigenvalue weighted by molar-refractivity contribution is 6.07. The summed E-state index contributed by atoms with van der Waals surface area (Å²) >= 11 is 0. The fraction of sp³-hybridized carbons (Fsp3) is 0.115. The average molecular weight is 460 g/mol. The summed E-state index contributed by atoms with van der Waals surface area (Å²) in [5, 5.41) is 14.1. The van der Waals surface area contributed by atoms with Crippen molar-refractivity contribution in [3.63, 3.8) is 0 Å². The lowest BCUT2D eigenvalue weighted by atomic mass is 10.1. The number of carbonyl (C=O) groups is 1. The van der Waals surface area contributed by atoms with Crippen LogP contribution in [0.15, 0.2) is 72.9 Å². The van der Waals surface area contributed by atoms with Gasteiger partial charge in [0.15, 0.2) is 17.3 Å². The summed E-state index contributed by atoms with van der Waals surface area (Å²) in [5.74, 6) is 1.18. The van der Waals surface area contributed by atoms with Crippen molar-refractivity contribution in [3.8, 4) is 17.2 Å². The maximum atomic E-state index is 12.4. The van der Waals surface area contributed by atoms with E-state index in [-0.39, 0.29) is 11.3 Å². The maximum Gasteiger partial charge on any atom is 0.280 e. The topological polar surface area (TPSA) is 99.9 Å². The van der Waals surface area contributed by atoms with Crippen LogP contribution in [0.1, 0.15) is 21.5 Å². The lowest BCUT2D eigenvalue weighted by Crippen LogP contribution is -2.01. The molecule has 0 bridgehead atoms. The van der Waals surface area contributed by atoms with Gasteiger partial charge in [0.2, 0.25) is 5.75 Å². The zero-order chi connectivity index (χ0) is 24.5. The van der Waals surface area contributed by atoms with Gasteiger partial charge in [0, 0.05) is 24.0 Å². The summed E-state index contributed by atoms with van der Waals surface area (Å²) in [4.78, 5) is 22.9. The number of ether oxygens (including phenoxy) is 3. The molecule has 1 N–H and O–H groups in total. The highest BCUT2D eigenvalue weighted by atomic mass is 16.6. The van der Waals surface area contributed by atoms with Gasteiger partial charge in [-0.2, -0.15) is 0 Å². The number of hydrogen-bond acceptors (Lipinski definition) is 7. The van der Waals surface area contributed by atoms with E-state index >= 15 is 0 Å².